The largest absolute Gasteiger partial charge is 0.488 e. The minimum absolute atomic E-state index is 0.0281. The lowest BCUT2D eigenvalue weighted by Gasteiger charge is -2.35. The van der Waals surface area contributed by atoms with Crippen LogP contribution in [0.4, 0.5) is 4.79 Å². The Kier molecular flexibility index (Phi) is 6.71. The number of nitrogens with one attached hydrogen (secondary N) is 1. The first kappa shape index (κ1) is 24.2. The first-order valence-corrected chi connectivity index (χ1v) is 13.1. The van der Waals surface area contributed by atoms with Crippen LogP contribution in [-0.2, 0) is 15.9 Å². The van der Waals surface area contributed by atoms with Crippen molar-refractivity contribution in [3.05, 3.63) is 75.9 Å². The van der Waals surface area contributed by atoms with Crippen LogP contribution in [0.3, 0.4) is 0 Å². The molecule has 1 amide bonds. The number of nitrogens with zero attached hydrogens (tertiary/aromatic N) is 1. The summed E-state index contributed by atoms with van der Waals surface area (Å²) in [5, 5.41) is 2.19. The summed E-state index contributed by atoms with van der Waals surface area (Å²) in [7, 11) is 2.00. The maximum absolute atomic E-state index is 13.5. The van der Waals surface area contributed by atoms with Crippen molar-refractivity contribution in [1.29, 1.82) is 0 Å². The fourth-order valence-corrected chi connectivity index (χ4v) is 5.38. The van der Waals surface area contributed by atoms with Crippen molar-refractivity contribution in [3.8, 4) is 11.5 Å². The Labute approximate surface area is 221 Å². The normalized spacial score (nSPS) is 20.9. The summed E-state index contributed by atoms with van der Waals surface area (Å²) in [6.45, 7) is 2.04. The predicted molar refractivity (Wildman–Crippen MR) is 144 cm³/mol. The van der Waals surface area contributed by atoms with Gasteiger partial charge < -0.3 is 23.9 Å². The van der Waals surface area contributed by atoms with E-state index in [0.29, 0.717) is 37.9 Å². The van der Waals surface area contributed by atoms with Crippen molar-refractivity contribution in [2.75, 3.05) is 26.4 Å². The number of benzene rings is 2. The van der Waals surface area contributed by atoms with Gasteiger partial charge in [0.05, 0.1) is 18.6 Å². The highest BCUT2D eigenvalue weighted by Crippen LogP contribution is 2.34. The van der Waals surface area contributed by atoms with Gasteiger partial charge in [0.25, 0.3) is 0 Å². The summed E-state index contributed by atoms with van der Waals surface area (Å²) < 4.78 is 22.6. The van der Waals surface area contributed by atoms with Crippen molar-refractivity contribution in [3.63, 3.8) is 0 Å². The van der Waals surface area contributed by atoms with Crippen molar-refractivity contribution < 1.29 is 23.7 Å². The van der Waals surface area contributed by atoms with Crippen LogP contribution in [0.15, 0.2) is 48.5 Å². The Bertz CT molecular complexity index is 1400. The van der Waals surface area contributed by atoms with Gasteiger partial charge in [-0.1, -0.05) is 41.9 Å². The third-order valence-corrected chi connectivity index (χ3v) is 7.33. The summed E-state index contributed by atoms with van der Waals surface area (Å²) in [6.07, 6.45) is 5.03. The molecule has 3 heterocycles. The summed E-state index contributed by atoms with van der Waals surface area (Å²) in [5.74, 6) is 1.24. The first-order chi connectivity index (χ1) is 18.0. The van der Waals surface area contributed by atoms with E-state index in [1.807, 2.05) is 56.4 Å². The number of hydrogen-bond donors (Lipinski definition) is 1. The molecule has 0 bridgehead atoms. The summed E-state index contributed by atoms with van der Waals surface area (Å²) in [4.78, 5) is 18.8. The molecule has 0 saturated carbocycles. The standard InChI is InChI=1S/C28H28BClN2O5/c29-18-3-8-21(9-4-18)37-28(33)32-12-11-22-23-15-19(30)5-10-24(23)31-26(22)27(32)17-1-6-20(7-2-17)36-16-25-34-13-14-35-25/h1-4,6-10,15,19,25,27,31H,5,11-14,16,29H2. The maximum Gasteiger partial charge on any atom is 0.416 e. The Morgan fingerprint density at radius 3 is 2.57 bits per heavy atom. The number of alkyl halides is 1. The quantitative estimate of drug-likeness (QED) is 0.412. The Morgan fingerprint density at radius 1 is 1.08 bits per heavy atom. The molecule has 2 unspecified atom stereocenters. The number of ether oxygens (including phenoxy) is 4. The lowest BCUT2D eigenvalue weighted by atomic mass is 9.92. The number of rotatable bonds is 5. The number of halogens is 1. The van der Waals surface area contributed by atoms with E-state index < -0.39 is 0 Å². The number of carbonyl (C=O) groups excluding carboxylic acids is 1. The van der Waals surface area contributed by atoms with E-state index in [0.717, 1.165) is 40.1 Å². The van der Waals surface area contributed by atoms with Crippen molar-refractivity contribution >= 4 is 43.2 Å². The average molecular weight is 519 g/mol. The van der Waals surface area contributed by atoms with E-state index in [4.69, 9.17) is 30.5 Å². The highest BCUT2D eigenvalue weighted by Gasteiger charge is 2.35. The molecule has 7 nitrogen and oxygen atoms in total. The van der Waals surface area contributed by atoms with Gasteiger partial charge in [-0.25, -0.2) is 4.79 Å². The van der Waals surface area contributed by atoms with Gasteiger partial charge in [0.2, 0.25) is 0 Å². The topological polar surface area (TPSA) is 73.0 Å². The predicted octanol–water partition coefficient (Wildman–Crippen LogP) is 1.74. The molecule has 37 heavy (non-hydrogen) atoms. The highest BCUT2D eigenvalue weighted by atomic mass is 35.5. The van der Waals surface area contributed by atoms with E-state index >= 15 is 0 Å². The average Bonchev–Trinajstić information content (AvgIpc) is 3.56. The zero-order chi connectivity index (χ0) is 25.4. The van der Waals surface area contributed by atoms with Crippen LogP contribution in [0.5, 0.6) is 11.5 Å². The minimum Gasteiger partial charge on any atom is -0.488 e. The second-order valence-corrected chi connectivity index (χ2v) is 10.1. The molecule has 9 heteroatoms. The molecule has 3 aliphatic rings. The highest BCUT2D eigenvalue weighted by molar-refractivity contribution is 6.32. The van der Waals surface area contributed by atoms with Crippen molar-refractivity contribution in [2.45, 2.75) is 30.6 Å². The van der Waals surface area contributed by atoms with E-state index in [1.54, 1.807) is 4.90 Å². The van der Waals surface area contributed by atoms with Crippen molar-refractivity contribution in [2.24, 2.45) is 0 Å². The molecular formula is C28H28BClN2O5. The molecule has 1 fully saturated rings. The van der Waals surface area contributed by atoms with Gasteiger partial charge in [0.15, 0.2) is 6.29 Å². The molecule has 2 aliphatic heterocycles. The number of aromatic amines is 1. The number of H-pyrrole nitrogens is 1. The van der Waals surface area contributed by atoms with E-state index in [2.05, 4.69) is 17.1 Å². The molecule has 1 aliphatic carbocycles. The molecule has 2 aromatic carbocycles. The summed E-state index contributed by atoms with van der Waals surface area (Å²) >= 11 is 6.45. The number of aromatic nitrogens is 1. The Hall–Kier alpha value is -3.20. The summed E-state index contributed by atoms with van der Waals surface area (Å²) in [5.41, 5.74) is 4.27. The molecule has 6 rings (SSSR count). The van der Waals surface area contributed by atoms with E-state index in [9.17, 15) is 4.79 Å². The number of fused-ring (bicyclic) bond motifs is 3. The van der Waals surface area contributed by atoms with Crippen LogP contribution in [-0.4, -0.2) is 61.9 Å². The molecule has 190 valence electrons. The molecule has 1 saturated heterocycles. The minimum atomic E-state index is -0.383. The molecule has 1 aromatic heterocycles. The number of hydrogen-bond acceptors (Lipinski definition) is 5. The van der Waals surface area contributed by atoms with Crippen LogP contribution in [0.25, 0.3) is 12.2 Å². The molecule has 2 atom stereocenters. The SMILES string of the molecule is Bc1ccc(OC(=O)N2CCc3c([nH]c4c3=CC(Cl)CC=4)C2c2ccc(OCC3OCCO3)cc2)cc1. The second-order valence-electron chi connectivity index (χ2n) is 9.55. The van der Waals surface area contributed by atoms with Gasteiger partial charge in [0, 0.05) is 22.8 Å². The number of carbonyl (C=O) groups is 1. The molecule has 1 N–H and O–H groups in total. The Balaban J connectivity index is 1.32. The lowest BCUT2D eigenvalue weighted by molar-refractivity contribution is -0.0684. The molecule has 3 aromatic rings. The fourth-order valence-electron chi connectivity index (χ4n) is 5.17. The Morgan fingerprint density at radius 2 is 1.81 bits per heavy atom. The lowest BCUT2D eigenvalue weighted by Crippen LogP contribution is -2.43. The second kappa shape index (κ2) is 10.3. The van der Waals surface area contributed by atoms with Crippen molar-refractivity contribution in [1.82, 2.24) is 9.88 Å². The van der Waals surface area contributed by atoms with E-state index in [-0.39, 0.29) is 23.8 Å². The van der Waals surface area contributed by atoms with Gasteiger partial charge in [0.1, 0.15) is 32.0 Å². The van der Waals surface area contributed by atoms with Gasteiger partial charge in [-0.2, -0.15) is 0 Å². The zero-order valence-corrected chi connectivity index (χ0v) is 21.4. The van der Waals surface area contributed by atoms with Gasteiger partial charge >= 0.3 is 6.09 Å². The van der Waals surface area contributed by atoms with Crippen LogP contribution >= 0.6 is 11.6 Å². The molecule has 0 radical (unpaired) electrons. The summed E-state index contributed by atoms with van der Waals surface area (Å²) in [6, 6.07) is 15.0. The van der Waals surface area contributed by atoms with Crippen LogP contribution < -0.4 is 25.5 Å². The molecular weight excluding hydrogens is 491 g/mol. The zero-order valence-electron chi connectivity index (χ0n) is 20.6. The number of amides is 1. The fraction of sp³-hybridized carbons (Fsp3) is 0.321. The third kappa shape index (κ3) is 5.01. The van der Waals surface area contributed by atoms with E-state index in [1.165, 1.54) is 5.56 Å². The van der Waals surface area contributed by atoms with Crippen LogP contribution in [0.1, 0.15) is 29.3 Å². The molecule has 0 spiro atoms. The van der Waals surface area contributed by atoms with Crippen LogP contribution in [0, 0.1) is 0 Å². The van der Waals surface area contributed by atoms with Gasteiger partial charge in [-0.3, -0.25) is 4.90 Å². The smallest absolute Gasteiger partial charge is 0.416 e. The van der Waals surface area contributed by atoms with Gasteiger partial charge in [-0.15, -0.1) is 11.6 Å². The monoisotopic (exact) mass is 518 g/mol. The third-order valence-electron chi connectivity index (χ3n) is 7.03. The van der Waals surface area contributed by atoms with Crippen LogP contribution in [0.2, 0.25) is 0 Å². The first-order valence-electron chi connectivity index (χ1n) is 12.6. The van der Waals surface area contributed by atoms with Gasteiger partial charge in [-0.05, 0) is 48.2 Å². The maximum atomic E-state index is 13.5.